The summed E-state index contributed by atoms with van der Waals surface area (Å²) in [6, 6.07) is 0. The number of carbonyl (C=O) groups is 1. The summed E-state index contributed by atoms with van der Waals surface area (Å²) in [6.07, 6.45) is 6.97. The van der Waals surface area contributed by atoms with Crippen LogP contribution in [0.1, 0.15) is 51.8 Å². The number of hydrogen-bond acceptors (Lipinski definition) is 4. The molecule has 0 saturated carbocycles. The summed E-state index contributed by atoms with van der Waals surface area (Å²) in [5.74, 6) is 0.110. The van der Waals surface area contributed by atoms with Crippen molar-refractivity contribution < 1.29 is 4.79 Å². The Morgan fingerprint density at radius 3 is 2.75 bits per heavy atom. The highest BCUT2D eigenvalue weighted by atomic mass is 32.1. The van der Waals surface area contributed by atoms with Crippen molar-refractivity contribution in [2.24, 2.45) is 7.05 Å². The Labute approximate surface area is 147 Å². The van der Waals surface area contributed by atoms with Crippen LogP contribution in [0.25, 0.3) is 0 Å². The lowest BCUT2D eigenvalue weighted by atomic mass is 10.0. The highest BCUT2D eigenvalue weighted by Gasteiger charge is 2.15. The van der Waals surface area contributed by atoms with E-state index in [2.05, 4.69) is 17.3 Å². The van der Waals surface area contributed by atoms with Crippen molar-refractivity contribution in [3.63, 3.8) is 0 Å². The number of aryl methyl sites for hydroxylation is 4. The van der Waals surface area contributed by atoms with Crippen molar-refractivity contribution in [1.29, 1.82) is 0 Å². The van der Waals surface area contributed by atoms with Gasteiger partial charge in [0.2, 0.25) is 5.91 Å². The van der Waals surface area contributed by atoms with Gasteiger partial charge in [-0.1, -0.05) is 0 Å². The quantitative estimate of drug-likeness (QED) is 0.875. The van der Waals surface area contributed by atoms with Gasteiger partial charge in [-0.15, -0.1) is 11.3 Å². The number of nitrogens with one attached hydrogen (secondary N) is 1. The first kappa shape index (κ1) is 17.1. The maximum Gasteiger partial charge on any atom is 0.220 e. The number of amides is 1. The second kappa shape index (κ2) is 7.47. The molecule has 5 nitrogen and oxygen atoms in total. The van der Waals surface area contributed by atoms with Crippen molar-refractivity contribution >= 4 is 17.2 Å². The molecule has 0 bridgehead atoms. The molecule has 0 fully saturated rings. The van der Waals surface area contributed by atoms with E-state index in [0.29, 0.717) is 13.0 Å². The lowest BCUT2D eigenvalue weighted by Crippen LogP contribution is -2.26. The fraction of sp³-hybridized carbons (Fsp3) is 0.611. The second-order valence-corrected chi connectivity index (χ2v) is 7.73. The molecule has 0 unspecified atom stereocenters. The standard InChI is InChI=1S/C18H26N4OS/c1-12-14(13(2)22(3)21-12)8-9-17(23)19-11-10-18-20-15-6-4-5-7-16(15)24-18/h4-11H2,1-3H3,(H,19,23). The van der Waals surface area contributed by atoms with E-state index in [4.69, 9.17) is 4.98 Å². The van der Waals surface area contributed by atoms with E-state index in [0.717, 1.165) is 30.7 Å². The molecular formula is C18H26N4OS. The molecule has 2 heterocycles. The minimum atomic E-state index is 0.110. The third-order valence-corrected chi connectivity index (χ3v) is 6.03. The maximum absolute atomic E-state index is 12.1. The summed E-state index contributed by atoms with van der Waals surface area (Å²) in [5.41, 5.74) is 4.67. The Hall–Kier alpha value is -1.69. The SMILES string of the molecule is Cc1nn(C)c(C)c1CCC(=O)NCCc1nc2c(s1)CCCC2. The van der Waals surface area contributed by atoms with Gasteiger partial charge in [0.15, 0.2) is 0 Å². The Morgan fingerprint density at radius 2 is 2.04 bits per heavy atom. The zero-order valence-corrected chi connectivity index (χ0v) is 15.6. The molecule has 2 aromatic heterocycles. The van der Waals surface area contributed by atoms with Gasteiger partial charge in [0.25, 0.3) is 0 Å². The number of hydrogen-bond donors (Lipinski definition) is 1. The molecule has 3 rings (SSSR count). The van der Waals surface area contributed by atoms with Crippen LogP contribution in [0.15, 0.2) is 0 Å². The van der Waals surface area contributed by atoms with Gasteiger partial charge in [0, 0.05) is 37.0 Å². The lowest BCUT2D eigenvalue weighted by molar-refractivity contribution is -0.121. The van der Waals surface area contributed by atoms with Crippen LogP contribution in [-0.4, -0.2) is 27.2 Å². The molecule has 0 radical (unpaired) electrons. The zero-order valence-electron chi connectivity index (χ0n) is 14.8. The van der Waals surface area contributed by atoms with Gasteiger partial charge >= 0.3 is 0 Å². The summed E-state index contributed by atoms with van der Waals surface area (Å²) in [7, 11) is 1.94. The minimum Gasteiger partial charge on any atom is -0.356 e. The Balaban J connectivity index is 1.43. The molecule has 1 aliphatic rings. The summed E-state index contributed by atoms with van der Waals surface area (Å²) in [6.45, 7) is 4.73. The highest BCUT2D eigenvalue weighted by Crippen LogP contribution is 2.26. The van der Waals surface area contributed by atoms with Crippen LogP contribution in [0.5, 0.6) is 0 Å². The van der Waals surface area contributed by atoms with Gasteiger partial charge in [-0.05, 0) is 51.5 Å². The normalized spacial score (nSPS) is 13.8. The molecule has 2 aromatic rings. The molecule has 130 valence electrons. The largest absolute Gasteiger partial charge is 0.356 e. The summed E-state index contributed by atoms with van der Waals surface area (Å²) < 4.78 is 1.88. The van der Waals surface area contributed by atoms with Crippen molar-refractivity contribution in [3.05, 3.63) is 32.5 Å². The molecule has 1 aliphatic carbocycles. The van der Waals surface area contributed by atoms with Crippen molar-refractivity contribution in [3.8, 4) is 0 Å². The third-order valence-electron chi connectivity index (χ3n) is 4.81. The number of thiazole rings is 1. The molecule has 0 saturated heterocycles. The van der Waals surface area contributed by atoms with Gasteiger partial charge in [-0.25, -0.2) is 4.98 Å². The average Bonchev–Trinajstić information content (AvgIpc) is 3.07. The fourth-order valence-electron chi connectivity index (χ4n) is 3.33. The predicted octanol–water partition coefficient (Wildman–Crippen LogP) is 2.66. The van der Waals surface area contributed by atoms with E-state index in [-0.39, 0.29) is 5.91 Å². The lowest BCUT2D eigenvalue weighted by Gasteiger charge is -2.06. The maximum atomic E-state index is 12.1. The van der Waals surface area contributed by atoms with Crippen LogP contribution in [0.2, 0.25) is 0 Å². The van der Waals surface area contributed by atoms with Crippen LogP contribution in [-0.2, 0) is 37.5 Å². The fourth-order valence-corrected chi connectivity index (χ4v) is 4.48. The van der Waals surface area contributed by atoms with E-state index in [1.165, 1.54) is 40.4 Å². The van der Waals surface area contributed by atoms with E-state index in [9.17, 15) is 4.79 Å². The highest BCUT2D eigenvalue weighted by molar-refractivity contribution is 7.11. The van der Waals surface area contributed by atoms with E-state index in [1.54, 1.807) is 0 Å². The molecule has 1 N–H and O–H groups in total. The molecular weight excluding hydrogens is 320 g/mol. The average molecular weight is 347 g/mol. The summed E-state index contributed by atoms with van der Waals surface area (Å²) in [4.78, 5) is 18.3. The molecule has 0 atom stereocenters. The first-order chi connectivity index (χ1) is 11.5. The molecule has 0 aromatic carbocycles. The van der Waals surface area contributed by atoms with Crippen LogP contribution in [0.4, 0.5) is 0 Å². The number of nitrogens with zero attached hydrogens (tertiary/aromatic N) is 3. The number of fused-ring (bicyclic) bond motifs is 1. The molecule has 6 heteroatoms. The predicted molar refractivity (Wildman–Crippen MR) is 96.5 cm³/mol. The van der Waals surface area contributed by atoms with Crippen LogP contribution in [0, 0.1) is 13.8 Å². The topological polar surface area (TPSA) is 59.8 Å². The van der Waals surface area contributed by atoms with E-state index in [1.807, 2.05) is 30.0 Å². The van der Waals surface area contributed by atoms with E-state index >= 15 is 0 Å². The van der Waals surface area contributed by atoms with Crippen LogP contribution >= 0.6 is 11.3 Å². The van der Waals surface area contributed by atoms with E-state index < -0.39 is 0 Å². The number of rotatable bonds is 6. The van der Waals surface area contributed by atoms with Crippen molar-refractivity contribution in [2.75, 3.05) is 6.54 Å². The number of aromatic nitrogens is 3. The molecule has 0 aliphatic heterocycles. The van der Waals surface area contributed by atoms with Gasteiger partial charge in [0.05, 0.1) is 16.4 Å². The Morgan fingerprint density at radius 1 is 1.25 bits per heavy atom. The Bertz CT molecular complexity index is 708. The van der Waals surface area contributed by atoms with Gasteiger partial charge < -0.3 is 5.32 Å². The van der Waals surface area contributed by atoms with Gasteiger partial charge in [-0.2, -0.15) is 5.10 Å². The molecule has 1 amide bonds. The Kier molecular flexibility index (Phi) is 5.33. The summed E-state index contributed by atoms with van der Waals surface area (Å²) >= 11 is 1.83. The zero-order chi connectivity index (χ0) is 17.1. The second-order valence-electron chi connectivity index (χ2n) is 6.56. The first-order valence-electron chi connectivity index (χ1n) is 8.78. The van der Waals surface area contributed by atoms with Gasteiger partial charge in [0.1, 0.15) is 0 Å². The van der Waals surface area contributed by atoms with Crippen LogP contribution in [0.3, 0.4) is 0 Å². The molecule has 0 spiro atoms. The van der Waals surface area contributed by atoms with Crippen molar-refractivity contribution in [1.82, 2.24) is 20.1 Å². The smallest absolute Gasteiger partial charge is 0.220 e. The minimum absolute atomic E-state index is 0.110. The third kappa shape index (κ3) is 3.86. The van der Waals surface area contributed by atoms with Crippen molar-refractivity contribution in [2.45, 2.75) is 58.8 Å². The number of carbonyl (C=O) groups excluding carboxylic acids is 1. The monoisotopic (exact) mass is 346 g/mol. The molecule has 24 heavy (non-hydrogen) atoms. The van der Waals surface area contributed by atoms with Crippen LogP contribution < -0.4 is 5.32 Å². The van der Waals surface area contributed by atoms with Gasteiger partial charge in [-0.3, -0.25) is 9.48 Å². The summed E-state index contributed by atoms with van der Waals surface area (Å²) in [5, 5.41) is 8.60. The first-order valence-corrected chi connectivity index (χ1v) is 9.59.